The van der Waals surface area contributed by atoms with Crippen LogP contribution in [-0.2, 0) is 0 Å². The van der Waals surface area contributed by atoms with Crippen molar-refractivity contribution in [3.63, 3.8) is 0 Å². The minimum Gasteiger partial charge on any atom is -0.336 e. The Labute approximate surface area is 163 Å². The smallest absolute Gasteiger partial charge is 0.259 e. The Balaban J connectivity index is 1.67. The lowest BCUT2D eigenvalue weighted by Crippen LogP contribution is -2.43. The average Bonchev–Trinajstić information content (AvgIpc) is 3.24. The second-order valence-corrected chi connectivity index (χ2v) is 7.03. The van der Waals surface area contributed by atoms with E-state index in [0.717, 1.165) is 32.2 Å². The molecule has 2 heterocycles. The molecule has 0 bridgehead atoms. The van der Waals surface area contributed by atoms with E-state index in [9.17, 15) is 9.18 Å². The van der Waals surface area contributed by atoms with Crippen LogP contribution < -0.4 is 0 Å². The molecule has 0 aliphatic carbocycles. The molecule has 1 aliphatic heterocycles. The van der Waals surface area contributed by atoms with Gasteiger partial charge in [0.05, 0.1) is 11.1 Å². The number of carbonyl (C=O) groups excluding carboxylic acids is 1. The number of piperidine rings is 1. The van der Waals surface area contributed by atoms with Gasteiger partial charge in [0.2, 0.25) is 5.82 Å². The molecule has 0 unspecified atom stereocenters. The van der Waals surface area contributed by atoms with E-state index in [1.165, 1.54) is 12.1 Å². The zero-order valence-electron chi connectivity index (χ0n) is 15.8. The van der Waals surface area contributed by atoms with Gasteiger partial charge in [-0.05, 0) is 62.1 Å². The van der Waals surface area contributed by atoms with Crippen molar-refractivity contribution in [1.82, 2.24) is 15.0 Å². The maximum absolute atomic E-state index is 13.3. The molecule has 0 saturated carbocycles. The van der Waals surface area contributed by atoms with Crippen LogP contribution in [0, 0.1) is 5.82 Å². The van der Waals surface area contributed by atoms with E-state index >= 15 is 0 Å². The van der Waals surface area contributed by atoms with Crippen LogP contribution in [0.25, 0.3) is 22.8 Å². The maximum atomic E-state index is 13.3. The normalized spacial score (nSPS) is 16.9. The van der Waals surface area contributed by atoms with Crippen molar-refractivity contribution in [2.24, 2.45) is 0 Å². The average molecular weight is 379 g/mol. The van der Waals surface area contributed by atoms with Crippen LogP contribution >= 0.6 is 0 Å². The van der Waals surface area contributed by atoms with Crippen molar-refractivity contribution in [2.75, 3.05) is 6.54 Å². The van der Waals surface area contributed by atoms with Gasteiger partial charge in [-0.3, -0.25) is 4.79 Å². The first-order valence-corrected chi connectivity index (χ1v) is 9.67. The molecule has 6 heteroatoms. The second kappa shape index (κ2) is 7.92. The molecule has 1 aliphatic rings. The number of halogens is 1. The Kier molecular flexibility index (Phi) is 5.19. The third kappa shape index (κ3) is 3.54. The topological polar surface area (TPSA) is 59.2 Å². The minimum absolute atomic E-state index is 0.00341. The first-order chi connectivity index (χ1) is 13.7. The highest BCUT2D eigenvalue weighted by Gasteiger charge is 2.28. The Morgan fingerprint density at radius 1 is 1.18 bits per heavy atom. The Bertz CT molecular complexity index is 968. The van der Waals surface area contributed by atoms with E-state index in [1.54, 1.807) is 18.2 Å². The summed E-state index contributed by atoms with van der Waals surface area (Å²) in [7, 11) is 0. The van der Waals surface area contributed by atoms with Crippen LogP contribution in [0.1, 0.15) is 43.0 Å². The van der Waals surface area contributed by atoms with Gasteiger partial charge in [0.25, 0.3) is 11.8 Å². The van der Waals surface area contributed by atoms with E-state index in [0.29, 0.717) is 22.5 Å². The van der Waals surface area contributed by atoms with Gasteiger partial charge >= 0.3 is 0 Å². The van der Waals surface area contributed by atoms with Crippen LogP contribution in [0.2, 0.25) is 0 Å². The third-order valence-corrected chi connectivity index (χ3v) is 5.28. The molecule has 4 rings (SSSR count). The molecular formula is C22H22FN3O2. The van der Waals surface area contributed by atoms with E-state index in [4.69, 9.17) is 4.52 Å². The van der Waals surface area contributed by atoms with Gasteiger partial charge in [0.1, 0.15) is 5.82 Å². The zero-order chi connectivity index (χ0) is 19.5. The summed E-state index contributed by atoms with van der Waals surface area (Å²) in [5, 5.41) is 4.00. The fourth-order valence-electron chi connectivity index (χ4n) is 3.75. The second-order valence-electron chi connectivity index (χ2n) is 7.03. The first-order valence-electron chi connectivity index (χ1n) is 9.67. The number of nitrogens with zero attached hydrogens (tertiary/aromatic N) is 3. The first kappa shape index (κ1) is 18.3. The number of hydrogen-bond donors (Lipinski definition) is 0. The van der Waals surface area contributed by atoms with Crippen molar-refractivity contribution >= 4 is 5.91 Å². The third-order valence-electron chi connectivity index (χ3n) is 5.28. The van der Waals surface area contributed by atoms with Crippen molar-refractivity contribution in [3.8, 4) is 22.8 Å². The number of rotatable bonds is 4. The van der Waals surface area contributed by atoms with Crippen LogP contribution in [0.4, 0.5) is 4.39 Å². The quantitative estimate of drug-likeness (QED) is 0.644. The molecule has 3 aromatic rings. The van der Waals surface area contributed by atoms with E-state index < -0.39 is 0 Å². The van der Waals surface area contributed by atoms with E-state index in [-0.39, 0.29) is 23.7 Å². The zero-order valence-corrected chi connectivity index (χ0v) is 15.8. The van der Waals surface area contributed by atoms with Gasteiger partial charge < -0.3 is 9.42 Å². The van der Waals surface area contributed by atoms with Crippen molar-refractivity contribution < 1.29 is 13.7 Å². The van der Waals surface area contributed by atoms with Crippen molar-refractivity contribution in [3.05, 3.63) is 59.9 Å². The lowest BCUT2D eigenvalue weighted by atomic mass is 9.97. The Morgan fingerprint density at radius 3 is 2.75 bits per heavy atom. The number of likely N-dealkylation sites (tertiary alicyclic amines) is 1. The molecule has 28 heavy (non-hydrogen) atoms. The molecule has 144 valence electrons. The van der Waals surface area contributed by atoms with Crippen LogP contribution in [-0.4, -0.2) is 33.5 Å². The highest BCUT2D eigenvalue weighted by molar-refractivity contribution is 6.00. The predicted octanol–water partition coefficient (Wildman–Crippen LogP) is 4.95. The molecule has 1 amide bonds. The monoisotopic (exact) mass is 379 g/mol. The Morgan fingerprint density at radius 2 is 1.96 bits per heavy atom. The molecule has 5 nitrogen and oxygen atoms in total. The summed E-state index contributed by atoms with van der Waals surface area (Å²) < 4.78 is 18.6. The molecule has 0 spiro atoms. The Hall–Kier alpha value is -3.02. The summed E-state index contributed by atoms with van der Waals surface area (Å²) >= 11 is 0. The van der Waals surface area contributed by atoms with E-state index in [2.05, 4.69) is 17.1 Å². The SMILES string of the molecule is CC[C@@H]1CCCCN1C(=O)c1ccccc1-c1nc(-c2ccc(F)cc2)no1. The molecule has 1 atom stereocenters. The molecule has 0 N–H and O–H groups in total. The number of amides is 1. The lowest BCUT2D eigenvalue weighted by Gasteiger charge is -2.35. The van der Waals surface area contributed by atoms with Crippen LogP contribution in [0.3, 0.4) is 0 Å². The standard InChI is InChI=1S/C22H22FN3O2/c1-2-17-7-5-6-14-26(17)22(27)19-9-4-3-8-18(19)21-24-20(25-28-21)15-10-12-16(23)13-11-15/h3-4,8-13,17H,2,5-7,14H2,1H3/t17-/m1/s1. The summed E-state index contributed by atoms with van der Waals surface area (Å²) in [6.45, 7) is 2.89. The van der Waals surface area contributed by atoms with Gasteiger partial charge in [-0.2, -0.15) is 4.98 Å². The van der Waals surface area contributed by atoms with Crippen LogP contribution in [0.5, 0.6) is 0 Å². The van der Waals surface area contributed by atoms with Gasteiger partial charge in [-0.15, -0.1) is 0 Å². The molecular weight excluding hydrogens is 357 g/mol. The highest BCUT2D eigenvalue weighted by atomic mass is 19.1. The van der Waals surface area contributed by atoms with Gasteiger partial charge in [-0.1, -0.05) is 24.2 Å². The highest BCUT2D eigenvalue weighted by Crippen LogP contribution is 2.28. The summed E-state index contributed by atoms with van der Waals surface area (Å²) in [6.07, 6.45) is 4.18. The van der Waals surface area contributed by atoms with Crippen LogP contribution in [0.15, 0.2) is 53.1 Å². The fraction of sp³-hybridized carbons (Fsp3) is 0.318. The molecule has 2 aromatic carbocycles. The van der Waals surface area contributed by atoms with E-state index in [1.807, 2.05) is 23.1 Å². The minimum atomic E-state index is -0.324. The predicted molar refractivity (Wildman–Crippen MR) is 104 cm³/mol. The summed E-state index contributed by atoms with van der Waals surface area (Å²) in [6, 6.07) is 13.5. The summed E-state index contributed by atoms with van der Waals surface area (Å²) in [4.78, 5) is 19.7. The molecule has 1 aromatic heterocycles. The van der Waals surface area contributed by atoms with Gasteiger partial charge in [0.15, 0.2) is 0 Å². The largest absolute Gasteiger partial charge is 0.336 e. The molecule has 1 fully saturated rings. The lowest BCUT2D eigenvalue weighted by molar-refractivity contribution is 0.0608. The number of benzene rings is 2. The maximum Gasteiger partial charge on any atom is 0.259 e. The molecule has 1 saturated heterocycles. The summed E-state index contributed by atoms with van der Waals surface area (Å²) in [5.74, 6) is 0.328. The van der Waals surface area contributed by atoms with Crippen molar-refractivity contribution in [2.45, 2.75) is 38.6 Å². The number of carbonyl (C=O) groups is 1. The van der Waals surface area contributed by atoms with Crippen molar-refractivity contribution in [1.29, 1.82) is 0 Å². The number of aromatic nitrogens is 2. The number of hydrogen-bond acceptors (Lipinski definition) is 4. The molecule has 0 radical (unpaired) electrons. The van der Waals surface area contributed by atoms with Gasteiger partial charge in [-0.25, -0.2) is 4.39 Å². The fourth-order valence-corrected chi connectivity index (χ4v) is 3.75. The van der Waals surface area contributed by atoms with Gasteiger partial charge in [0, 0.05) is 18.2 Å². The summed E-state index contributed by atoms with van der Waals surface area (Å²) in [5.41, 5.74) is 1.84.